The number of nitrogens with one attached hydrogen (secondary N) is 1. The number of anilines is 2. The van der Waals surface area contributed by atoms with E-state index in [-0.39, 0.29) is 22.6 Å². The van der Waals surface area contributed by atoms with Gasteiger partial charge in [0.2, 0.25) is 0 Å². The first-order chi connectivity index (χ1) is 9.88. The van der Waals surface area contributed by atoms with Gasteiger partial charge in [-0.25, -0.2) is 0 Å². The van der Waals surface area contributed by atoms with E-state index in [4.69, 9.17) is 5.73 Å². The number of amides is 1. The van der Waals surface area contributed by atoms with E-state index in [1.165, 1.54) is 12.1 Å². The monoisotopic (exact) mass is 349 g/mol. The molecule has 0 saturated carbocycles. The third-order valence-electron chi connectivity index (χ3n) is 2.86. The number of nitrogen functional groups attached to an aromatic ring is 1. The van der Waals surface area contributed by atoms with Gasteiger partial charge in [0, 0.05) is 16.2 Å². The Balaban J connectivity index is 2.34. The predicted molar refractivity (Wildman–Crippen MR) is 84.3 cm³/mol. The van der Waals surface area contributed by atoms with Crippen molar-refractivity contribution >= 4 is 38.9 Å². The molecule has 1 amide bonds. The van der Waals surface area contributed by atoms with Crippen molar-refractivity contribution in [1.29, 1.82) is 0 Å². The average Bonchev–Trinajstić information content (AvgIpc) is 2.40. The fourth-order valence-electron chi connectivity index (χ4n) is 1.83. The maximum Gasteiger partial charge on any atom is 0.293 e. The number of nitrogens with zero attached hydrogens (tertiary/aromatic N) is 1. The molecule has 0 spiro atoms. The van der Waals surface area contributed by atoms with Gasteiger partial charge in [0.25, 0.3) is 11.6 Å². The molecule has 0 unspecified atom stereocenters. The smallest absolute Gasteiger partial charge is 0.293 e. The van der Waals surface area contributed by atoms with Crippen molar-refractivity contribution in [2.45, 2.75) is 6.92 Å². The Labute approximate surface area is 129 Å². The largest absolute Gasteiger partial charge is 0.398 e. The molecule has 0 aliphatic rings. The van der Waals surface area contributed by atoms with Crippen LogP contribution in [0.3, 0.4) is 0 Å². The summed E-state index contributed by atoms with van der Waals surface area (Å²) in [4.78, 5) is 22.7. The normalized spacial score (nSPS) is 10.2. The van der Waals surface area contributed by atoms with Crippen LogP contribution in [0.25, 0.3) is 0 Å². The highest BCUT2D eigenvalue weighted by molar-refractivity contribution is 9.10. The molecule has 2 rings (SSSR count). The average molecular weight is 350 g/mol. The van der Waals surface area contributed by atoms with Crippen LogP contribution in [0, 0.1) is 17.0 Å². The van der Waals surface area contributed by atoms with Crippen molar-refractivity contribution in [3.63, 3.8) is 0 Å². The lowest BCUT2D eigenvalue weighted by Gasteiger charge is -2.09. The second kappa shape index (κ2) is 5.92. The van der Waals surface area contributed by atoms with Gasteiger partial charge in [0.15, 0.2) is 0 Å². The van der Waals surface area contributed by atoms with Crippen LogP contribution in [0.2, 0.25) is 0 Å². The van der Waals surface area contributed by atoms with Crippen LogP contribution < -0.4 is 11.1 Å². The number of aryl methyl sites for hydroxylation is 1. The lowest BCUT2D eigenvalue weighted by Crippen LogP contribution is -2.15. The maximum atomic E-state index is 12.2. The third kappa shape index (κ3) is 3.38. The zero-order valence-electron chi connectivity index (χ0n) is 11.1. The van der Waals surface area contributed by atoms with Crippen LogP contribution >= 0.6 is 15.9 Å². The number of nitro groups is 1. The Morgan fingerprint density at radius 3 is 2.62 bits per heavy atom. The van der Waals surface area contributed by atoms with E-state index >= 15 is 0 Å². The Morgan fingerprint density at radius 2 is 2.00 bits per heavy atom. The molecule has 0 bridgehead atoms. The standard InChI is InChI=1S/C14H12BrN3O3/c1-8-2-5-12(13(6-8)18(20)21)17-14(19)10-4-3-9(15)7-11(10)16/h2-7H,16H2,1H3,(H,17,19). The lowest BCUT2D eigenvalue weighted by atomic mass is 10.1. The number of halogens is 1. The second-order valence-electron chi connectivity index (χ2n) is 4.46. The Morgan fingerprint density at radius 1 is 1.29 bits per heavy atom. The summed E-state index contributed by atoms with van der Waals surface area (Å²) in [5, 5.41) is 13.5. The number of carbonyl (C=O) groups is 1. The number of rotatable bonds is 3. The van der Waals surface area contributed by atoms with Crippen LogP contribution in [-0.2, 0) is 0 Å². The molecule has 0 atom stereocenters. The molecule has 0 fully saturated rings. The fourth-order valence-corrected chi connectivity index (χ4v) is 2.21. The molecular formula is C14H12BrN3O3. The molecule has 0 saturated heterocycles. The lowest BCUT2D eigenvalue weighted by molar-refractivity contribution is -0.384. The first-order valence-corrected chi connectivity index (χ1v) is 6.79. The Kier molecular flexibility index (Phi) is 4.23. The van der Waals surface area contributed by atoms with Crippen molar-refractivity contribution in [3.8, 4) is 0 Å². The van der Waals surface area contributed by atoms with E-state index in [2.05, 4.69) is 21.2 Å². The molecule has 7 heteroatoms. The summed E-state index contributed by atoms with van der Waals surface area (Å²) < 4.78 is 0.748. The van der Waals surface area contributed by atoms with Gasteiger partial charge in [-0.15, -0.1) is 0 Å². The molecule has 2 aromatic carbocycles. The van der Waals surface area contributed by atoms with Gasteiger partial charge >= 0.3 is 0 Å². The zero-order valence-corrected chi connectivity index (χ0v) is 12.7. The molecule has 21 heavy (non-hydrogen) atoms. The van der Waals surface area contributed by atoms with Gasteiger partial charge in [0.1, 0.15) is 5.69 Å². The summed E-state index contributed by atoms with van der Waals surface area (Å²) in [6, 6.07) is 9.41. The number of benzene rings is 2. The van der Waals surface area contributed by atoms with Gasteiger partial charge in [-0.2, -0.15) is 0 Å². The number of nitro benzene ring substituents is 1. The zero-order chi connectivity index (χ0) is 15.6. The van der Waals surface area contributed by atoms with Crippen LogP contribution in [0.1, 0.15) is 15.9 Å². The molecule has 6 nitrogen and oxygen atoms in total. The minimum atomic E-state index is -0.534. The molecule has 0 radical (unpaired) electrons. The van der Waals surface area contributed by atoms with Crippen LogP contribution in [0.4, 0.5) is 17.1 Å². The first-order valence-electron chi connectivity index (χ1n) is 6.00. The van der Waals surface area contributed by atoms with E-state index in [9.17, 15) is 14.9 Å². The number of carbonyl (C=O) groups excluding carboxylic acids is 1. The summed E-state index contributed by atoms with van der Waals surface area (Å²) in [7, 11) is 0. The minimum absolute atomic E-state index is 0.137. The van der Waals surface area contributed by atoms with Crippen LogP contribution in [0.15, 0.2) is 40.9 Å². The number of nitrogens with two attached hydrogens (primary N) is 1. The maximum absolute atomic E-state index is 12.2. The Hall–Kier alpha value is -2.41. The van der Waals surface area contributed by atoms with E-state index in [1.54, 1.807) is 31.2 Å². The molecule has 3 N–H and O–H groups in total. The number of hydrogen-bond donors (Lipinski definition) is 2. The molecule has 0 aliphatic heterocycles. The van der Waals surface area contributed by atoms with Gasteiger partial charge in [-0.05, 0) is 36.8 Å². The van der Waals surface area contributed by atoms with Gasteiger partial charge < -0.3 is 11.1 Å². The molecular weight excluding hydrogens is 338 g/mol. The van der Waals surface area contributed by atoms with Gasteiger partial charge in [0.05, 0.1) is 10.5 Å². The van der Waals surface area contributed by atoms with Crippen molar-refractivity contribution in [2.24, 2.45) is 0 Å². The molecule has 0 aromatic heterocycles. The number of hydrogen-bond acceptors (Lipinski definition) is 4. The molecule has 108 valence electrons. The predicted octanol–water partition coefficient (Wildman–Crippen LogP) is 3.50. The SMILES string of the molecule is Cc1ccc(NC(=O)c2ccc(Br)cc2N)c([N+](=O)[O-])c1. The molecule has 2 aromatic rings. The molecule has 0 heterocycles. The van der Waals surface area contributed by atoms with Crippen LogP contribution in [0.5, 0.6) is 0 Å². The van der Waals surface area contributed by atoms with Crippen molar-refractivity contribution in [3.05, 3.63) is 62.1 Å². The van der Waals surface area contributed by atoms with E-state index in [0.29, 0.717) is 0 Å². The summed E-state index contributed by atoms with van der Waals surface area (Å²) in [5.41, 5.74) is 7.04. The van der Waals surface area contributed by atoms with Crippen molar-refractivity contribution in [2.75, 3.05) is 11.1 Å². The first kappa shape index (κ1) is 15.0. The summed E-state index contributed by atoms with van der Waals surface area (Å²) in [6.45, 7) is 1.74. The third-order valence-corrected chi connectivity index (χ3v) is 3.35. The minimum Gasteiger partial charge on any atom is -0.398 e. The topological polar surface area (TPSA) is 98.3 Å². The van der Waals surface area contributed by atoms with E-state index < -0.39 is 10.8 Å². The summed E-state index contributed by atoms with van der Waals surface area (Å²) in [5.74, 6) is -0.494. The van der Waals surface area contributed by atoms with Gasteiger partial charge in [-0.1, -0.05) is 22.0 Å². The highest BCUT2D eigenvalue weighted by Gasteiger charge is 2.18. The Bertz CT molecular complexity index is 731. The summed E-state index contributed by atoms with van der Waals surface area (Å²) in [6.07, 6.45) is 0. The van der Waals surface area contributed by atoms with Crippen molar-refractivity contribution in [1.82, 2.24) is 0 Å². The van der Waals surface area contributed by atoms with Gasteiger partial charge in [-0.3, -0.25) is 14.9 Å². The quantitative estimate of drug-likeness (QED) is 0.503. The second-order valence-corrected chi connectivity index (χ2v) is 5.38. The van der Waals surface area contributed by atoms with E-state index in [1.807, 2.05) is 0 Å². The highest BCUT2D eigenvalue weighted by atomic mass is 79.9. The summed E-state index contributed by atoms with van der Waals surface area (Å²) >= 11 is 3.25. The van der Waals surface area contributed by atoms with Crippen molar-refractivity contribution < 1.29 is 9.72 Å². The van der Waals surface area contributed by atoms with E-state index in [0.717, 1.165) is 10.0 Å². The van der Waals surface area contributed by atoms with Crippen LogP contribution in [-0.4, -0.2) is 10.8 Å². The molecule has 0 aliphatic carbocycles. The highest BCUT2D eigenvalue weighted by Crippen LogP contribution is 2.27. The fraction of sp³-hybridized carbons (Fsp3) is 0.0714.